The summed E-state index contributed by atoms with van der Waals surface area (Å²) in [5.74, 6) is 0.136. The lowest BCUT2D eigenvalue weighted by Crippen LogP contribution is -2.31. The van der Waals surface area contributed by atoms with Crippen molar-refractivity contribution in [2.75, 3.05) is 25.0 Å². The summed E-state index contributed by atoms with van der Waals surface area (Å²) >= 11 is 0. The van der Waals surface area contributed by atoms with Crippen molar-refractivity contribution in [1.82, 2.24) is 9.88 Å². The molecule has 5 nitrogen and oxygen atoms in total. The lowest BCUT2D eigenvalue weighted by Gasteiger charge is -2.20. The van der Waals surface area contributed by atoms with Crippen LogP contribution >= 0.6 is 0 Å². The van der Waals surface area contributed by atoms with Crippen LogP contribution in [0.2, 0.25) is 0 Å². The van der Waals surface area contributed by atoms with Crippen molar-refractivity contribution in [3.63, 3.8) is 0 Å². The Balaban J connectivity index is 1.87. The van der Waals surface area contributed by atoms with Gasteiger partial charge in [-0.25, -0.2) is 4.98 Å². The van der Waals surface area contributed by atoms with E-state index in [2.05, 4.69) is 22.1 Å². The van der Waals surface area contributed by atoms with E-state index in [0.717, 1.165) is 25.7 Å². The monoisotopic (exact) mass is 248 g/mol. The molecule has 0 atom stereocenters. The van der Waals surface area contributed by atoms with E-state index in [4.69, 9.17) is 5.73 Å². The third-order valence-corrected chi connectivity index (χ3v) is 3.23. The second kappa shape index (κ2) is 5.82. The predicted octanol–water partition coefficient (Wildman–Crippen LogP) is 1.08. The van der Waals surface area contributed by atoms with Gasteiger partial charge in [0, 0.05) is 25.3 Å². The highest BCUT2D eigenvalue weighted by atomic mass is 16.1. The Bertz CT molecular complexity index is 417. The third-order valence-electron chi connectivity index (χ3n) is 3.23. The molecule has 1 aliphatic rings. The number of nitrogens with one attached hydrogen (secondary N) is 1. The Hall–Kier alpha value is -1.62. The molecule has 0 saturated heterocycles. The molecule has 0 unspecified atom stereocenters. The summed E-state index contributed by atoms with van der Waals surface area (Å²) in [6.45, 7) is 4.99. The molecule has 3 N–H and O–H groups in total. The van der Waals surface area contributed by atoms with Crippen molar-refractivity contribution in [3.05, 3.63) is 23.9 Å². The standard InChI is InChI=1S/C13H20N4O/c1-2-17(10-5-6-10)9-8-16-13-11(12(14)18)4-3-7-15-13/h3-4,7,10H,2,5-6,8-9H2,1H3,(H2,14,18)(H,15,16). The van der Waals surface area contributed by atoms with E-state index < -0.39 is 5.91 Å². The molecule has 0 bridgehead atoms. The number of nitrogens with two attached hydrogens (primary N) is 1. The number of hydrogen-bond acceptors (Lipinski definition) is 4. The zero-order chi connectivity index (χ0) is 13.0. The van der Waals surface area contributed by atoms with Crippen LogP contribution in [0.4, 0.5) is 5.82 Å². The van der Waals surface area contributed by atoms with Crippen LogP contribution < -0.4 is 11.1 Å². The fourth-order valence-electron chi connectivity index (χ4n) is 2.10. The van der Waals surface area contributed by atoms with Crippen molar-refractivity contribution < 1.29 is 4.79 Å². The average molecular weight is 248 g/mol. The summed E-state index contributed by atoms with van der Waals surface area (Å²) in [6, 6.07) is 4.17. The SMILES string of the molecule is CCN(CCNc1ncccc1C(N)=O)C1CC1. The zero-order valence-electron chi connectivity index (χ0n) is 10.7. The maximum Gasteiger partial charge on any atom is 0.252 e. The average Bonchev–Trinajstić information content (AvgIpc) is 3.19. The molecule has 0 spiro atoms. The lowest BCUT2D eigenvalue weighted by atomic mass is 10.2. The molecule has 1 heterocycles. The Morgan fingerprint density at radius 2 is 2.39 bits per heavy atom. The topological polar surface area (TPSA) is 71.2 Å². The molecular weight excluding hydrogens is 228 g/mol. The number of likely N-dealkylation sites (N-methyl/N-ethyl adjacent to an activating group) is 1. The summed E-state index contributed by atoms with van der Waals surface area (Å²) < 4.78 is 0. The van der Waals surface area contributed by atoms with Gasteiger partial charge in [0.1, 0.15) is 5.82 Å². The first-order chi connectivity index (χ1) is 8.72. The first-order valence-electron chi connectivity index (χ1n) is 6.45. The fraction of sp³-hybridized carbons (Fsp3) is 0.538. The second-order valence-electron chi connectivity index (χ2n) is 4.55. The lowest BCUT2D eigenvalue weighted by molar-refractivity contribution is 0.100. The van der Waals surface area contributed by atoms with E-state index in [1.165, 1.54) is 12.8 Å². The molecule has 0 aliphatic heterocycles. The molecule has 5 heteroatoms. The highest BCUT2D eigenvalue weighted by Crippen LogP contribution is 2.26. The summed E-state index contributed by atoms with van der Waals surface area (Å²) in [5, 5.41) is 3.19. The van der Waals surface area contributed by atoms with Crippen LogP contribution in [-0.2, 0) is 0 Å². The van der Waals surface area contributed by atoms with Gasteiger partial charge < -0.3 is 11.1 Å². The Labute approximate surface area is 107 Å². The van der Waals surface area contributed by atoms with E-state index in [9.17, 15) is 4.79 Å². The minimum atomic E-state index is -0.444. The van der Waals surface area contributed by atoms with Crippen LogP contribution in [-0.4, -0.2) is 41.5 Å². The Morgan fingerprint density at radius 1 is 1.61 bits per heavy atom. The van der Waals surface area contributed by atoms with Crippen LogP contribution in [0.15, 0.2) is 18.3 Å². The Morgan fingerprint density at radius 3 is 3.00 bits per heavy atom. The highest BCUT2D eigenvalue weighted by Gasteiger charge is 2.27. The van der Waals surface area contributed by atoms with Crippen molar-refractivity contribution >= 4 is 11.7 Å². The molecule has 1 saturated carbocycles. The molecule has 0 radical (unpaired) electrons. The largest absolute Gasteiger partial charge is 0.368 e. The smallest absolute Gasteiger partial charge is 0.252 e. The molecule has 0 aromatic carbocycles. The van der Waals surface area contributed by atoms with Gasteiger partial charge in [0.15, 0.2) is 0 Å². The van der Waals surface area contributed by atoms with Gasteiger partial charge in [-0.15, -0.1) is 0 Å². The number of pyridine rings is 1. The van der Waals surface area contributed by atoms with Gasteiger partial charge in [0.25, 0.3) is 5.91 Å². The maximum atomic E-state index is 11.2. The van der Waals surface area contributed by atoms with Crippen molar-refractivity contribution in [1.29, 1.82) is 0 Å². The number of aromatic nitrogens is 1. The second-order valence-corrected chi connectivity index (χ2v) is 4.55. The highest BCUT2D eigenvalue weighted by molar-refractivity contribution is 5.97. The molecule has 1 aromatic rings. The number of carbonyl (C=O) groups excluding carboxylic acids is 1. The molecule has 1 aromatic heterocycles. The summed E-state index contributed by atoms with van der Waals surface area (Å²) in [7, 11) is 0. The molecule has 18 heavy (non-hydrogen) atoms. The van der Waals surface area contributed by atoms with Crippen LogP contribution in [0.1, 0.15) is 30.1 Å². The fourth-order valence-corrected chi connectivity index (χ4v) is 2.10. The van der Waals surface area contributed by atoms with E-state index in [1.807, 2.05) is 0 Å². The molecule has 1 fully saturated rings. The van der Waals surface area contributed by atoms with Crippen molar-refractivity contribution in [3.8, 4) is 0 Å². The zero-order valence-corrected chi connectivity index (χ0v) is 10.7. The number of amides is 1. The summed E-state index contributed by atoms with van der Waals surface area (Å²) in [6.07, 6.45) is 4.28. The molecule has 2 rings (SSSR count). The summed E-state index contributed by atoms with van der Waals surface area (Å²) in [4.78, 5) is 17.8. The van der Waals surface area contributed by atoms with E-state index >= 15 is 0 Å². The molecule has 1 aliphatic carbocycles. The first kappa shape index (κ1) is 12.8. The number of hydrogen-bond donors (Lipinski definition) is 2. The van der Waals surface area contributed by atoms with Crippen LogP contribution in [0.3, 0.4) is 0 Å². The van der Waals surface area contributed by atoms with E-state index in [-0.39, 0.29) is 0 Å². The minimum Gasteiger partial charge on any atom is -0.368 e. The number of primary amides is 1. The molecule has 98 valence electrons. The van der Waals surface area contributed by atoms with Gasteiger partial charge in [0.2, 0.25) is 0 Å². The normalized spacial score (nSPS) is 14.8. The molecule has 1 amide bonds. The van der Waals surface area contributed by atoms with Gasteiger partial charge in [-0.1, -0.05) is 6.92 Å². The first-order valence-corrected chi connectivity index (χ1v) is 6.45. The van der Waals surface area contributed by atoms with Gasteiger partial charge in [-0.05, 0) is 31.5 Å². The van der Waals surface area contributed by atoms with Crippen LogP contribution in [0.25, 0.3) is 0 Å². The van der Waals surface area contributed by atoms with Gasteiger partial charge in [-0.2, -0.15) is 0 Å². The van der Waals surface area contributed by atoms with E-state index in [0.29, 0.717) is 11.4 Å². The quantitative estimate of drug-likeness (QED) is 0.757. The minimum absolute atomic E-state index is 0.444. The predicted molar refractivity (Wildman–Crippen MR) is 71.5 cm³/mol. The third kappa shape index (κ3) is 3.20. The number of nitrogens with zero attached hydrogens (tertiary/aromatic N) is 2. The Kier molecular flexibility index (Phi) is 4.15. The van der Waals surface area contributed by atoms with Gasteiger partial charge in [-0.3, -0.25) is 9.69 Å². The molecular formula is C13H20N4O. The number of carbonyl (C=O) groups is 1. The van der Waals surface area contributed by atoms with Gasteiger partial charge in [0.05, 0.1) is 5.56 Å². The van der Waals surface area contributed by atoms with Crippen LogP contribution in [0.5, 0.6) is 0 Å². The number of anilines is 1. The van der Waals surface area contributed by atoms with Crippen LogP contribution in [0, 0.1) is 0 Å². The van der Waals surface area contributed by atoms with Crippen molar-refractivity contribution in [2.24, 2.45) is 5.73 Å². The number of rotatable bonds is 7. The van der Waals surface area contributed by atoms with E-state index in [1.54, 1.807) is 18.3 Å². The van der Waals surface area contributed by atoms with Gasteiger partial charge >= 0.3 is 0 Å². The summed E-state index contributed by atoms with van der Waals surface area (Å²) in [5.41, 5.74) is 5.75. The van der Waals surface area contributed by atoms with Crippen molar-refractivity contribution in [2.45, 2.75) is 25.8 Å². The maximum absolute atomic E-state index is 11.2.